The summed E-state index contributed by atoms with van der Waals surface area (Å²) in [6.07, 6.45) is 1.79. The monoisotopic (exact) mass is 356 g/mol. The average molecular weight is 356 g/mol. The largest absolute Gasteiger partial charge is 0.454 e. The molecule has 0 spiro atoms. The number of rotatable bonds is 4. The second-order valence-corrected chi connectivity index (χ2v) is 8.55. The van der Waals surface area contributed by atoms with Gasteiger partial charge in [-0.2, -0.15) is 0 Å². The van der Waals surface area contributed by atoms with Crippen LogP contribution in [0, 0.1) is 26.9 Å². The minimum Gasteiger partial charge on any atom is -0.454 e. The zero-order valence-corrected chi connectivity index (χ0v) is 15.3. The number of carbonyl (C=O) groups excluding carboxylic acids is 1. The van der Waals surface area contributed by atoms with E-state index in [1.807, 2.05) is 30.3 Å². The van der Waals surface area contributed by atoms with Crippen LogP contribution in [0.3, 0.4) is 0 Å². The molecule has 1 aromatic rings. The van der Waals surface area contributed by atoms with Crippen molar-refractivity contribution in [2.75, 3.05) is 6.54 Å². The molecular weight excluding hydrogens is 332 g/mol. The van der Waals surface area contributed by atoms with E-state index in [9.17, 15) is 14.9 Å². The molecule has 0 radical (unpaired) electrons. The van der Waals surface area contributed by atoms with Crippen molar-refractivity contribution in [3.8, 4) is 0 Å². The van der Waals surface area contributed by atoms with E-state index < -0.39 is 17.9 Å². The van der Waals surface area contributed by atoms with Gasteiger partial charge >= 0.3 is 5.97 Å². The van der Waals surface area contributed by atoms with Gasteiger partial charge in [0.05, 0.1) is 11.6 Å². The molecule has 1 heterocycles. The highest BCUT2D eigenvalue weighted by Gasteiger charge is 2.67. The predicted octanol–water partition coefficient (Wildman–Crippen LogP) is 3.24. The van der Waals surface area contributed by atoms with Crippen molar-refractivity contribution in [2.45, 2.75) is 51.7 Å². The number of hydrogen-bond acceptors (Lipinski definition) is 5. The molecule has 1 aromatic carbocycles. The van der Waals surface area contributed by atoms with E-state index >= 15 is 0 Å². The van der Waals surface area contributed by atoms with Crippen LogP contribution >= 0.6 is 0 Å². The summed E-state index contributed by atoms with van der Waals surface area (Å²) in [4.78, 5) is 28.5. The van der Waals surface area contributed by atoms with Gasteiger partial charge in [0, 0.05) is 16.3 Å². The molecule has 0 saturated heterocycles. The maximum absolute atomic E-state index is 12.8. The lowest BCUT2D eigenvalue weighted by molar-refractivity contribution is -0.483. The Hall–Kier alpha value is -2.24. The van der Waals surface area contributed by atoms with E-state index in [0.717, 1.165) is 24.1 Å². The average Bonchev–Trinajstić information content (AvgIpc) is 2.92. The third-order valence-electron chi connectivity index (χ3n) is 7.22. The van der Waals surface area contributed by atoms with Crippen LogP contribution in [0.25, 0.3) is 0 Å². The molecule has 3 aliphatic rings. The van der Waals surface area contributed by atoms with Crippen LogP contribution in [-0.4, -0.2) is 35.3 Å². The minimum absolute atomic E-state index is 0.0109. The number of aliphatic imine (C=N–C) groups is 1. The highest BCUT2D eigenvalue weighted by molar-refractivity contribution is 6.03. The van der Waals surface area contributed by atoms with Gasteiger partial charge in [0.25, 0.3) is 0 Å². The van der Waals surface area contributed by atoms with Crippen molar-refractivity contribution in [1.29, 1.82) is 0 Å². The fourth-order valence-corrected chi connectivity index (χ4v) is 5.28. The first-order valence-electron chi connectivity index (χ1n) is 9.21. The van der Waals surface area contributed by atoms with Crippen LogP contribution in [0.4, 0.5) is 0 Å². The topological polar surface area (TPSA) is 81.8 Å². The third kappa shape index (κ3) is 2.24. The summed E-state index contributed by atoms with van der Waals surface area (Å²) in [5, 5.41) is 11.3. The molecule has 0 aromatic heterocycles. The van der Waals surface area contributed by atoms with E-state index in [2.05, 4.69) is 20.8 Å². The smallest absolute Gasteiger partial charge is 0.332 e. The Balaban J connectivity index is 1.77. The maximum atomic E-state index is 12.8. The molecule has 2 aliphatic carbocycles. The normalized spacial score (nSPS) is 35.4. The number of carbonyl (C=O) groups is 1. The Labute approximate surface area is 152 Å². The fourth-order valence-electron chi connectivity index (χ4n) is 5.28. The van der Waals surface area contributed by atoms with Gasteiger partial charge in [-0.25, -0.2) is 4.79 Å². The van der Waals surface area contributed by atoms with Crippen molar-refractivity contribution >= 4 is 11.7 Å². The molecule has 2 saturated carbocycles. The number of nitro groups is 1. The molecule has 26 heavy (non-hydrogen) atoms. The first-order valence-corrected chi connectivity index (χ1v) is 9.21. The van der Waals surface area contributed by atoms with Crippen molar-refractivity contribution in [3.63, 3.8) is 0 Å². The minimum atomic E-state index is -0.846. The third-order valence-corrected chi connectivity index (χ3v) is 7.22. The molecule has 2 bridgehead atoms. The lowest BCUT2D eigenvalue weighted by Crippen LogP contribution is -2.47. The summed E-state index contributed by atoms with van der Waals surface area (Å²) < 4.78 is 5.85. The molecule has 0 amide bonds. The number of esters is 1. The molecule has 0 N–H and O–H groups in total. The molecule has 0 unspecified atom stereocenters. The lowest BCUT2D eigenvalue weighted by atomic mass is 9.70. The number of fused-ring (bicyclic) bond motifs is 5. The summed E-state index contributed by atoms with van der Waals surface area (Å²) in [5.41, 5.74) is 1.59. The van der Waals surface area contributed by atoms with Gasteiger partial charge < -0.3 is 4.74 Å². The summed E-state index contributed by atoms with van der Waals surface area (Å²) in [7, 11) is 0. The van der Waals surface area contributed by atoms with Gasteiger partial charge in [-0.15, -0.1) is 0 Å². The Bertz CT molecular complexity index is 788. The van der Waals surface area contributed by atoms with E-state index in [4.69, 9.17) is 9.73 Å². The maximum Gasteiger partial charge on any atom is 0.332 e. The zero-order valence-electron chi connectivity index (χ0n) is 15.3. The second kappa shape index (κ2) is 5.63. The number of nitrogens with zero attached hydrogens (tertiary/aromatic N) is 2. The van der Waals surface area contributed by atoms with E-state index in [0.29, 0.717) is 0 Å². The van der Waals surface area contributed by atoms with Gasteiger partial charge in [-0.3, -0.25) is 15.1 Å². The molecule has 5 atom stereocenters. The van der Waals surface area contributed by atoms with Crippen LogP contribution in [0.2, 0.25) is 0 Å². The highest BCUT2D eigenvalue weighted by atomic mass is 16.6. The molecule has 4 rings (SSSR count). The molecular formula is C20H24N2O4. The van der Waals surface area contributed by atoms with Gasteiger partial charge in [0.2, 0.25) is 6.54 Å². The van der Waals surface area contributed by atoms with Crippen LogP contribution in [0.5, 0.6) is 0 Å². The molecule has 138 valence electrons. The van der Waals surface area contributed by atoms with E-state index in [1.165, 1.54) is 0 Å². The Kier molecular flexibility index (Phi) is 3.72. The van der Waals surface area contributed by atoms with Crippen LogP contribution in [0.15, 0.2) is 35.3 Å². The van der Waals surface area contributed by atoms with Gasteiger partial charge in [0.15, 0.2) is 6.04 Å². The standard InChI is InChI=1S/C20H24N2O4/c1-19(2)14-9-10-20(19,3)17-16(14)26-18(23)15(21-17)13(11-22(24)25)12-7-5-4-6-8-12/h4-8,13-16H,9-11H2,1-3H3/t13-,14-,15+,16-,20+/m1/s1. The van der Waals surface area contributed by atoms with Crippen LogP contribution in [0.1, 0.15) is 45.1 Å². The van der Waals surface area contributed by atoms with Gasteiger partial charge in [-0.1, -0.05) is 51.1 Å². The van der Waals surface area contributed by atoms with Crippen molar-refractivity contribution in [2.24, 2.45) is 21.7 Å². The van der Waals surface area contributed by atoms with Crippen LogP contribution < -0.4 is 0 Å². The molecule has 6 nitrogen and oxygen atoms in total. The van der Waals surface area contributed by atoms with Gasteiger partial charge in [0.1, 0.15) is 6.10 Å². The summed E-state index contributed by atoms with van der Waals surface area (Å²) >= 11 is 0. The summed E-state index contributed by atoms with van der Waals surface area (Å²) in [5.74, 6) is -0.763. The lowest BCUT2D eigenvalue weighted by Gasteiger charge is -2.37. The molecule has 6 heteroatoms. The Morgan fingerprint density at radius 3 is 2.65 bits per heavy atom. The Morgan fingerprint density at radius 1 is 1.31 bits per heavy atom. The number of ether oxygens (including phenoxy) is 1. The molecule has 2 fully saturated rings. The number of benzene rings is 1. The van der Waals surface area contributed by atoms with Crippen molar-refractivity contribution < 1.29 is 14.5 Å². The highest BCUT2D eigenvalue weighted by Crippen LogP contribution is 2.65. The predicted molar refractivity (Wildman–Crippen MR) is 96.8 cm³/mol. The SMILES string of the molecule is CC1(C)[C@@H]2CC[C@@]1(C)C1=N[C@@H]([C@H](C[N+](=O)[O-])c3ccccc3)C(=O)O[C@@H]12. The molecule has 1 aliphatic heterocycles. The second-order valence-electron chi connectivity index (χ2n) is 8.55. The van der Waals surface area contributed by atoms with Crippen molar-refractivity contribution in [1.82, 2.24) is 0 Å². The van der Waals surface area contributed by atoms with E-state index in [1.54, 1.807) is 0 Å². The summed E-state index contributed by atoms with van der Waals surface area (Å²) in [6.45, 7) is 6.31. The van der Waals surface area contributed by atoms with Gasteiger partial charge in [-0.05, 0) is 23.8 Å². The van der Waals surface area contributed by atoms with Crippen LogP contribution in [-0.2, 0) is 9.53 Å². The van der Waals surface area contributed by atoms with E-state index in [-0.39, 0.29) is 34.3 Å². The number of hydrogen-bond donors (Lipinski definition) is 0. The quantitative estimate of drug-likeness (QED) is 0.471. The Morgan fingerprint density at radius 2 is 2.00 bits per heavy atom. The summed E-state index contributed by atoms with van der Waals surface area (Å²) in [6, 6.07) is 8.30. The first kappa shape index (κ1) is 17.2. The first-order chi connectivity index (χ1) is 12.3. The fraction of sp³-hybridized carbons (Fsp3) is 0.600. The zero-order chi connectivity index (χ0) is 18.7. The van der Waals surface area contributed by atoms with Crippen molar-refractivity contribution in [3.05, 3.63) is 46.0 Å².